The predicted octanol–water partition coefficient (Wildman–Crippen LogP) is 4.86. The van der Waals surface area contributed by atoms with Crippen LogP contribution in [0.5, 0.6) is 0 Å². The van der Waals surface area contributed by atoms with E-state index in [4.69, 9.17) is 17.3 Å². The van der Waals surface area contributed by atoms with Crippen LogP contribution in [0.1, 0.15) is 5.56 Å². The zero-order valence-electron chi connectivity index (χ0n) is 12.2. The molecule has 0 atom stereocenters. The van der Waals surface area contributed by atoms with Gasteiger partial charge in [0, 0.05) is 5.56 Å². The van der Waals surface area contributed by atoms with Crippen LogP contribution in [0.2, 0.25) is 0 Å². The highest BCUT2D eigenvalue weighted by molar-refractivity contribution is 5.78. The van der Waals surface area contributed by atoms with E-state index in [0.29, 0.717) is 11.4 Å². The van der Waals surface area contributed by atoms with E-state index in [2.05, 4.69) is 4.85 Å². The van der Waals surface area contributed by atoms with Crippen molar-refractivity contribution in [3.63, 3.8) is 0 Å². The molecule has 0 saturated heterocycles. The lowest BCUT2D eigenvalue weighted by Crippen LogP contribution is -1.98. The maximum Gasteiger partial charge on any atom is 0.187 e. The van der Waals surface area contributed by atoms with Gasteiger partial charge in [0.15, 0.2) is 5.69 Å². The van der Waals surface area contributed by atoms with Gasteiger partial charge in [0.25, 0.3) is 0 Å². The topological polar surface area (TPSA) is 43.3 Å². The summed E-state index contributed by atoms with van der Waals surface area (Å²) in [5.74, 6) is 0. The summed E-state index contributed by atoms with van der Waals surface area (Å²) < 4.78 is 0. The summed E-state index contributed by atoms with van der Waals surface area (Å²) >= 11 is 0. The van der Waals surface area contributed by atoms with E-state index in [9.17, 15) is 0 Å². The molecule has 2 aromatic carbocycles. The van der Waals surface area contributed by atoms with Gasteiger partial charge in [-0.05, 0) is 24.1 Å². The second-order valence-corrected chi connectivity index (χ2v) is 5.12. The van der Waals surface area contributed by atoms with Crippen LogP contribution in [0.15, 0.2) is 60.7 Å². The van der Waals surface area contributed by atoms with Crippen molar-refractivity contribution in [1.82, 2.24) is 4.98 Å². The minimum Gasteiger partial charge on any atom is -0.397 e. The van der Waals surface area contributed by atoms with Gasteiger partial charge in [-0.2, -0.15) is 0 Å². The molecule has 3 heteroatoms. The molecule has 3 nitrogen and oxygen atoms in total. The van der Waals surface area contributed by atoms with Crippen molar-refractivity contribution >= 4 is 11.4 Å². The molecule has 1 heterocycles. The largest absolute Gasteiger partial charge is 0.397 e. The van der Waals surface area contributed by atoms with E-state index in [1.165, 1.54) is 0 Å². The van der Waals surface area contributed by atoms with Gasteiger partial charge < -0.3 is 5.73 Å². The van der Waals surface area contributed by atoms with Gasteiger partial charge in [0.1, 0.15) is 0 Å². The number of aryl methyl sites for hydroxylation is 1. The van der Waals surface area contributed by atoms with Crippen LogP contribution in [0, 0.1) is 13.5 Å². The summed E-state index contributed by atoms with van der Waals surface area (Å²) in [6, 6.07) is 19.3. The number of nitrogens with zero attached hydrogens (tertiary/aromatic N) is 2. The standard InChI is InChI=1S/C19H15N3/c1-13-12-17(20)19(14-6-4-3-5-7-14)22-18(13)15-8-10-16(21-2)11-9-15/h3-12H,20H2,1H3. The molecule has 0 saturated carbocycles. The van der Waals surface area contributed by atoms with Crippen LogP contribution in [-0.4, -0.2) is 4.98 Å². The van der Waals surface area contributed by atoms with Crippen molar-refractivity contribution in [3.8, 4) is 22.5 Å². The summed E-state index contributed by atoms with van der Waals surface area (Å²) in [4.78, 5) is 8.18. The highest BCUT2D eigenvalue weighted by atomic mass is 14.8. The summed E-state index contributed by atoms with van der Waals surface area (Å²) in [5.41, 5.74) is 12.1. The molecule has 0 aliphatic heterocycles. The molecular formula is C19H15N3. The van der Waals surface area contributed by atoms with Gasteiger partial charge in [-0.25, -0.2) is 9.83 Å². The van der Waals surface area contributed by atoms with Gasteiger partial charge >= 0.3 is 0 Å². The normalized spacial score (nSPS) is 10.2. The fraction of sp³-hybridized carbons (Fsp3) is 0.0526. The molecule has 0 amide bonds. The summed E-state index contributed by atoms with van der Waals surface area (Å²) in [6.45, 7) is 9.02. The van der Waals surface area contributed by atoms with Crippen LogP contribution < -0.4 is 5.73 Å². The number of hydrogen-bond donors (Lipinski definition) is 1. The Kier molecular flexibility index (Phi) is 3.59. The van der Waals surface area contributed by atoms with Crippen LogP contribution >= 0.6 is 0 Å². The Labute approximate surface area is 129 Å². The van der Waals surface area contributed by atoms with Crippen molar-refractivity contribution in [3.05, 3.63) is 77.6 Å². The number of aromatic nitrogens is 1. The van der Waals surface area contributed by atoms with Gasteiger partial charge in [-0.1, -0.05) is 54.6 Å². The molecule has 0 unspecified atom stereocenters. The summed E-state index contributed by atoms with van der Waals surface area (Å²) in [6.07, 6.45) is 0. The molecular weight excluding hydrogens is 270 g/mol. The lowest BCUT2D eigenvalue weighted by molar-refractivity contribution is 1.27. The number of rotatable bonds is 2. The molecule has 3 rings (SSSR count). The van der Waals surface area contributed by atoms with E-state index < -0.39 is 0 Å². The third kappa shape index (κ3) is 2.55. The van der Waals surface area contributed by atoms with E-state index >= 15 is 0 Å². The number of nitrogens with two attached hydrogens (primary N) is 1. The molecule has 22 heavy (non-hydrogen) atoms. The first kappa shape index (κ1) is 13.8. The average molecular weight is 285 g/mol. The summed E-state index contributed by atoms with van der Waals surface area (Å²) in [7, 11) is 0. The van der Waals surface area contributed by atoms with Crippen LogP contribution in [0.4, 0.5) is 11.4 Å². The van der Waals surface area contributed by atoms with E-state index in [1.807, 2.05) is 67.6 Å². The molecule has 0 aliphatic carbocycles. The maximum absolute atomic E-state index is 7.03. The molecule has 0 fully saturated rings. The first-order valence-electron chi connectivity index (χ1n) is 6.99. The molecule has 0 spiro atoms. The van der Waals surface area contributed by atoms with Crippen molar-refractivity contribution in [1.29, 1.82) is 0 Å². The van der Waals surface area contributed by atoms with Gasteiger partial charge in [0.2, 0.25) is 0 Å². The van der Waals surface area contributed by atoms with E-state index in [0.717, 1.165) is 28.1 Å². The first-order valence-corrected chi connectivity index (χ1v) is 6.99. The molecule has 0 bridgehead atoms. The quantitative estimate of drug-likeness (QED) is 0.683. The fourth-order valence-electron chi connectivity index (χ4n) is 2.45. The molecule has 3 aromatic rings. The minimum atomic E-state index is 0.625. The van der Waals surface area contributed by atoms with Crippen molar-refractivity contribution in [2.75, 3.05) is 5.73 Å². The Balaban J connectivity index is 2.14. The average Bonchev–Trinajstić information content (AvgIpc) is 2.56. The number of anilines is 1. The Hall–Kier alpha value is -3.12. The lowest BCUT2D eigenvalue weighted by atomic mass is 10.0. The number of benzene rings is 2. The molecule has 1 aromatic heterocycles. The SMILES string of the molecule is [C-]#[N+]c1ccc(-c2nc(-c3ccccc3)c(N)cc2C)cc1. The molecule has 2 N–H and O–H groups in total. The second-order valence-electron chi connectivity index (χ2n) is 5.12. The van der Waals surface area contributed by atoms with Crippen molar-refractivity contribution in [2.24, 2.45) is 0 Å². The second kappa shape index (κ2) is 5.71. The highest BCUT2D eigenvalue weighted by Crippen LogP contribution is 2.31. The van der Waals surface area contributed by atoms with Gasteiger partial charge in [0.05, 0.1) is 23.6 Å². The minimum absolute atomic E-state index is 0.625. The summed E-state index contributed by atoms with van der Waals surface area (Å²) in [5, 5.41) is 0. The zero-order valence-corrected chi connectivity index (χ0v) is 12.2. The lowest BCUT2D eigenvalue weighted by Gasteiger charge is -2.11. The monoisotopic (exact) mass is 285 g/mol. The number of hydrogen-bond acceptors (Lipinski definition) is 2. The third-order valence-corrected chi connectivity index (χ3v) is 3.56. The van der Waals surface area contributed by atoms with Crippen LogP contribution in [0.25, 0.3) is 27.4 Å². The Morgan fingerprint density at radius 1 is 0.909 bits per heavy atom. The van der Waals surface area contributed by atoms with Crippen molar-refractivity contribution in [2.45, 2.75) is 6.92 Å². The number of pyridine rings is 1. The smallest absolute Gasteiger partial charge is 0.187 e. The third-order valence-electron chi connectivity index (χ3n) is 3.56. The van der Waals surface area contributed by atoms with E-state index in [-0.39, 0.29) is 0 Å². The number of nitrogen functional groups attached to an aromatic ring is 1. The molecule has 106 valence electrons. The Morgan fingerprint density at radius 3 is 2.18 bits per heavy atom. The Bertz CT molecular complexity index is 844. The molecule has 0 radical (unpaired) electrons. The van der Waals surface area contributed by atoms with Crippen LogP contribution in [-0.2, 0) is 0 Å². The Morgan fingerprint density at radius 2 is 1.55 bits per heavy atom. The van der Waals surface area contributed by atoms with Crippen molar-refractivity contribution < 1.29 is 0 Å². The van der Waals surface area contributed by atoms with E-state index in [1.54, 1.807) is 0 Å². The maximum atomic E-state index is 7.03. The zero-order chi connectivity index (χ0) is 15.5. The van der Waals surface area contributed by atoms with Crippen LogP contribution in [0.3, 0.4) is 0 Å². The highest BCUT2D eigenvalue weighted by Gasteiger charge is 2.10. The predicted molar refractivity (Wildman–Crippen MR) is 90.5 cm³/mol. The molecule has 0 aliphatic rings. The van der Waals surface area contributed by atoms with Gasteiger partial charge in [-0.15, -0.1) is 0 Å². The first-order chi connectivity index (χ1) is 10.7. The van der Waals surface area contributed by atoms with Gasteiger partial charge in [-0.3, -0.25) is 0 Å². The fourth-order valence-corrected chi connectivity index (χ4v) is 2.45.